The van der Waals surface area contributed by atoms with Crippen molar-refractivity contribution in [2.45, 2.75) is 24.9 Å². The van der Waals surface area contributed by atoms with Crippen molar-refractivity contribution in [1.82, 2.24) is 19.9 Å². The molecular formula is C22H18ClF3N4O. The number of nitrogens with zero attached hydrogens (tertiary/aromatic N) is 4. The van der Waals surface area contributed by atoms with E-state index in [1.807, 2.05) is 0 Å². The van der Waals surface area contributed by atoms with Crippen LogP contribution in [0.5, 0.6) is 0 Å². The van der Waals surface area contributed by atoms with Gasteiger partial charge in [0, 0.05) is 53.7 Å². The predicted octanol–water partition coefficient (Wildman–Crippen LogP) is 5.13. The fourth-order valence-corrected chi connectivity index (χ4v) is 3.89. The number of amides is 1. The van der Waals surface area contributed by atoms with Crippen LogP contribution in [0.3, 0.4) is 0 Å². The summed E-state index contributed by atoms with van der Waals surface area (Å²) in [5, 5.41) is 0.575. The molecule has 0 N–H and O–H groups in total. The SMILES string of the molecule is O=C(N1CCCC(c2nc(-c3ccc(Cl)cc3)ncc2-c2ccncc2)C1)C(F)(F)F. The molecule has 1 unspecified atom stereocenters. The zero-order chi connectivity index (χ0) is 22.0. The Bertz CT molecular complexity index is 1070. The minimum absolute atomic E-state index is 0.0481. The van der Waals surface area contributed by atoms with Gasteiger partial charge in [0.15, 0.2) is 5.82 Å². The lowest BCUT2D eigenvalue weighted by Gasteiger charge is -2.33. The summed E-state index contributed by atoms with van der Waals surface area (Å²) in [7, 11) is 0. The molecule has 31 heavy (non-hydrogen) atoms. The molecule has 3 aromatic rings. The first kappa shape index (κ1) is 21.2. The lowest BCUT2D eigenvalue weighted by molar-refractivity contribution is -0.186. The Morgan fingerprint density at radius 2 is 1.77 bits per heavy atom. The standard InChI is InChI=1S/C22H18ClF3N4O/c23-17-5-3-15(4-6-17)20-28-12-18(14-7-9-27-10-8-14)19(29-20)16-2-1-11-30(13-16)21(31)22(24,25)26/h3-10,12,16H,1-2,11,13H2. The van der Waals surface area contributed by atoms with Crippen molar-refractivity contribution in [3.63, 3.8) is 0 Å². The van der Waals surface area contributed by atoms with Crippen LogP contribution in [0.15, 0.2) is 55.0 Å². The molecule has 0 radical (unpaired) electrons. The molecule has 5 nitrogen and oxygen atoms in total. The summed E-state index contributed by atoms with van der Waals surface area (Å²) in [6.07, 6.45) is 1.13. The number of benzene rings is 1. The van der Waals surface area contributed by atoms with Crippen molar-refractivity contribution in [2.75, 3.05) is 13.1 Å². The summed E-state index contributed by atoms with van der Waals surface area (Å²) >= 11 is 5.96. The number of piperidine rings is 1. The Hall–Kier alpha value is -3.00. The lowest BCUT2D eigenvalue weighted by Crippen LogP contribution is -2.46. The van der Waals surface area contributed by atoms with Crippen molar-refractivity contribution in [1.29, 1.82) is 0 Å². The monoisotopic (exact) mass is 446 g/mol. The Kier molecular flexibility index (Phi) is 5.91. The highest BCUT2D eigenvalue weighted by Gasteiger charge is 2.44. The molecule has 1 aliphatic heterocycles. The van der Waals surface area contributed by atoms with Crippen LogP contribution in [0.4, 0.5) is 13.2 Å². The first-order valence-electron chi connectivity index (χ1n) is 9.72. The molecule has 2 aromatic heterocycles. The van der Waals surface area contributed by atoms with Gasteiger partial charge in [-0.15, -0.1) is 0 Å². The quantitative estimate of drug-likeness (QED) is 0.559. The smallest absolute Gasteiger partial charge is 0.334 e. The topological polar surface area (TPSA) is 59.0 Å². The van der Waals surface area contributed by atoms with Gasteiger partial charge in [-0.2, -0.15) is 13.2 Å². The molecule has 0 saturated carbocycles. The van der Waals surface area contributed by atoms with Gasteiger partial charge >= 0.3 is 12.1 Å². The second-order valence-electron chi connectivity index (χ2n) is 7.32. The molecule has 160 valence electrons. The number of carbonyl (C=O) groups excluding carboxylic acids is 1. The van der Waals surface area contributed by atoms with E-state index < -0.39 is 12.1 Å². The maximum atomic E-state index is 13.0. The van der Waals surface area contributed by atoms with Gasteiger partial charge < -0.3 is 4.90 Å². The van der Waals surface area contributed by atoms with E-state index in [1.54, 1.807) is 55.0 Å². The fourth-order valence-electron chi connectivity index (χ4n) is 3.76. The molecule has 0 spiro atoms. The van der Waals surface area contributed by atoms with E-state index in [0.717, 1.165) is 16.0 Å². The van der Waals surface area contributed by atoms with Gasteiger partial charge in [0.1, 0.15) is 0 Å². The van der Waals surface area contributed by atoms with E-state index in [4.69, 9.17) is 16.6 Å². The van der Waals surface area contributed by atoms with Crippen molar-refractivity contribution in [2.24, 2.45) is 0 Å². The van der Waals surface area contributed by atoms with E-state index in [1.165, 1.54) is 0 Å². The average Bonchev–Trinajstić information content (AvgIpc) is 2.79. The third-order valence-corrected chi connectivity index (χ3v) is 5.50. The fraction of sp³-hybridized carbons (Fsp3) is 0.273. The van der Waals surface area contributed by atoms with E-state index in [2.05, 4.69) is 9.97 Å². The van der Waals surface area contributed by atoms with Gasteiger partial charge in [0.2, 0.25) is 0 Å². The first-order valence-corrected chi connectivity index (χ1v) is 10.1. The van der Waals surface area contributed by atoms with Gasteiger partial charge in [-0.3, -0.25) is 9.78 Å². The van der Waals surface area contributed by atoms with Gasteiger partial charge in [-0.25, -0.2) is 9.97 Å². The number of aromatic nitrogens is 3. The number of hydrogen-bond acceptors (Lipinski definition) is 4. The number of halogens is 4. The number of likely N-dealkylation sites (tertiary alicyclic amines) is 1. The molecule has 0 bridgehead atoms. The predicted molar refractivity (Wildman–Crippen MR) is 110 cm³/mol. The Labute approximate surface area is 181 Å². The van der Waals surface area contributed by atoms with Gasteiger partial charge in [0.25, 0.3) is 0 Å². The molecule has 3 heterocycles. The van der Waals surface area contributed by atoms with E-state index in [0.29, 0.717) is 34.9 Å². The normalized spacial score (nSPS) is 16.9. The maximum Gasteiger partial charge on any atom is 0.471 e. The highest BCUT2D eigenvalue weighted by molar-refractivity contribution is 6.30. The Balaban J connectivity index is 1.75. The number of pyridine rings is 1. The second kappa shape index (κ2) is 8.63. The van der Waals surface area contributed by atoms with Crippen LogP contribution in [0.1, 0.15) is 24.5 Å². The van der Waals surface area contributed by atoms with Gasteiger partial charge in [-0.05, 0) is 54.8 Å². The van der Waals surface area contributed by atoms with E-state index in [-0.39, 0.29) is 19.0 Å². The van der Waals surface area contributed by atoms with Crippen LogP contribution in [-0.4, -0.2) is 45.0 Å². The maximum absolute atomic E-state index is 13.0. The molecular weight excluding hydrogens is 429 g/mol. The summed E-state index contributed by atoms with van der Waals surface area (Å²) in [5.74, 6) is -1.71. The van der Waals surface area contributed by atoms with E-state index in [9.17, 15) is 18.0 Å². The van der Waals surface area contributed by atoms with Gasteiger partial charge in [0.05, 0.1) is 5.69 Å². The molecule has 1 saturated heterocycles. The largest absolute Gasteiger partial charge is 0.471 e. The molecule has 9 heteroatoms. The van der Waals surface area contributed by atoms with Crippen molar-refractivity contribution in [3.05, 3.63) is 65.7 Å². The summed E-state index contributed by atoms with van der Waals surface area (Å²) in [4.78, 5) is 25.9. The zero-order valence-corrected chi connectivity index (χ0v) is 17.1. The van der Waals surface area contributed by atoms with Crippen LogP contribution in [0.2, 0.25) is 5.02 Å². The first-order chi connectivity index (χ1) is 14.8. The number of hydrogen-bond donors (Lipinski definition) is 0. The Morgan fingerprint density at radius 3 is 2.45 bits per heavy atom. The third kappa shape index (κ3) is 4.69. The Morgan fingerprint density at radius 1 is 1.06 bits per heavy atom. The lowest BCUT2D eigenvalue weighted by atomic mass is 9.90. The average molecular weight is 447 g/mol. The van der Waals surface area contributed by atoms with Crippen molar-refractivity contribution in [3.8, 4) is 22.5 Å². The number of carbonyl (C=O) groups is 1. The summed E-state index contributed by atoms with van der Waals surface area (Å²) in [6.45, 7) is 0.0298. The molecule has 1 atom stereocenters. The molecule has 1 amide bonds. The number of rotatable bonds is 3. The molecule has 0 aliphatic carbocycles. The highest BCUT2D eigenvalue weighted by Crippen LogP contribution is 2.35. The van der Waals surface area contributed by atoms with Crippen LogP contribution >= 0.6 is 11.6 Å². The van der Waals surface area contributed by atoms with Crippen molar-refractivity contribution >= 4 is 17.5 Å². The van der Waals surface area contributed by atoms with Gasteiger partial charge in [-0.1, -0.05) is 11.6 Å². The van der Waals surface area contributed by atoms with Crippen molar-refractivity contribution < 1.29 is 18.0 Å². The molecule has 1 aliphatic rings. The summed E-state index contributed by atoms with van der Waals surface area (Å²) < 4.78 is 39.0. The second-order valence-corrected chi connectivity index (χ2v) is 7.76. The molecule has 1 aromatic carbocycles. The summed E-state index contributed by atoms with van der Waals surface area (Å²) in [6, 6.07) is 10.6. The molecule has 1 fully saturated rings. The minimum atomic E-state index is -4.89. The zero-order valence-electron chi connectivity index (χ0n) is 16.3. The van der Waals surface area contributed by atoms with E-state index >= 15 is 0 Å². The van der Waals surface area contributed by atoms with Crippen LogP contribution in [-0.2, 0) is 4.79 Å². The van der Waals surface area contributed by atoms with Crippen LogP contribution < -0.4 is 0 Å². The van der Waals surface area contributed by atoms with Crippen LogP contribution in [0, 0.1) is 0 Å². The third-order valence-electron chi connectivity index (χ3n) is 5.25. The minimum Gasteiger partial charge on any atom is -0.334 e. The number of alkyl halides is 3. The summed E-state index contributed by atoms with van der Waals surface area (Å²) in [5.41, 5.74) is 2.88. The molecule has 4 rings (SSSR count). The highest BCUT2D eigenvalue weighted by atomic mass is 35.5. The van der Waals surface area contributed by atoms with Crippen LogP contribution in [0.25, 0.3) is 22.5 Å².